The molecule has 0 radical (unpaired) electrons. The van der Waals surface area contributed by atoms with Crippen LogP contribution in [0.5, 0.6) is 0 Å². The predicted molar refractivity (Wildman–Crippen MR) is 69.4 cm³/mol. The standard InChI is InChI=1S/C12H13Cl2N3/c13-6-11-16-10-5-9(14)7-15-12(10)17(11)4-3-8-1-2-8/h5,7-8H,1-4,6H2. The summed E-state index contributed by atoms with van der Waals surface area (Å²) >= 11 is 11.8. The lowest BCUT2D eigenvalue weighted by Gasteiger charge is -2.05. The van der Waals surface area contributed by atoms with Gasteiger partial charge >= 0.3 is 0 Å². The van der Waals surface area contributed by atoms with E-state index in [0.717, 1.165) is 29.5 Å². The van der Waals surface area contributed by atoms with Gasteiger partial charge in [0.15, 0.2) is 5.65 Å². The monoisotopic (exact) mass is 269 g/mol. The van der Waals surface area contributed by atoms with E-state index in [9.17, 15) is 0 Å². The van der Waals surface area contributed by atoms with Gasteiger partial charge in [0.05, 0.1) is 10.9 Å². The second-order valence-electron chi connectivity index (χ2n) is 4.54. The van der Waals surface area contributed by atoms with Crippen LogP contribution in [0.1, 0.15) is 25.1 Å². The first-order valence-electron chi connectivity index (χ1n) is 5.84. The maximum atomic E-state index is 5.93. The van der Waals surface area contributed by atoms with E-state index < -0.39 is 0 Å². The van der Waals surface area contributed by atoms with Gasteiger partial charge in [-0.1, -0.05) is 24.4 Å². The number of aromatic nitrogens is 3. The van der Waals surface area contributed by atoms with Crippen molar-refractivity contribution in [2.75, 3.05) is 0 Å². The molecule has 1 aliphatic carbocycles. The molecule has 17 heavy (non-hydrogen) atoms. The molecule has 2 aromatic rings. The van der Waals surface area contributed by atoms with Gasteiger partial charge in [-0.2, -0.15) is 0 Å². The molecule has 3 rings (SSSR count). The van der Waals surface area contributed by atoms with Crippen molar-refractivity contribution in [3.05, 3.63) is 23.1 Å². The van der Waals surface area contributed by atoms with Crippen LogP contribution >= 0.6 is 23.2 Å². The molecular formula is C12H13Cl2N3. The molecule has 0 aliphatic heterocycles. The highest BCUT2D eigenvalue weighted by Crippen LogP contribution is 2.33. The number of hydrogen-bond acceptors (Lipinski definition) is 2. The van der Waals surface area contributed by atoms with Crippen LogP contribution in [0.25, 0.3) is 11.2 Å². The van der Waals surface area contributed by atoms with Crippen LogP contribution in [0, 0.1) is 5.92 Å². The summed E-state index contributed by atoms with van der Waals surface area (Å²) in [5, 5.41) is 0.616. The van der Waals surface area contributed by atoms with Crippen molar-refractivity contribution in [3.8, 4) is 0 Å². The number of rotatable bonds is 4. The third kappa shape index (κ3) is 2.26. The van der Waals surface area contributed by atoms with Gasteiger partial charge in [0.1, 0.15) is 11.3 Å². The Hall–Kier alpha value is -0.800. The molecule has 0 bridgehead atoms. The molecule has 5 heteroatoms. The van der Waals surface area contributed by atoms with Crippen molar-refractivity contribution < 1.29 is 0 Å². The van der Waals surface area contributed by atoms with Crippen molar-refractivity contribution in [1.29, 1.82) is 0 Å². The molecule has 0 N–H and O–H groups in total. The number of imidazole rings is 1. The van der Waals surface area contributed by atoms with Crippen LogP contribution < -0.4 is 0 Å². The third-order valence-electron chi connectivity index (χ3n) is 3.21. The van der Waals surface area contributed by atoms with Crippen molar-refractivity contribution in [2.24, 2.45) is 5.92 Å². The Morgan fingerprint density at radius 2 is 2.24 bits per heavy atom. The van der Waals surface area contributed by atoms with Crippen molar-refractivity contribution >= 4 is 34.4 Å². The maximum Gasteiger partial charge on any atom is 0.160 e. The summed E-state index contributed by atoms with van der Waals surface area (Å²) in [6.07, 6.45) is 5.58. The average molecular weight is 270 g/mol. The van der Waals surface area contributed by atoms with Gasteiger partial charge in [0, 0.05) is 12.7 Å². The molecule has 0 unspecified atom stereocenters. The van der Waals surface area contributed by atoms with Crippen molar-refractivity contribution in [1.82, 2.24) is 14.5 Å². The number of alkyl halides is 1. The van der Waals surface area contributed by atoms with Gasteiger partial charge in [-0.05, 0) is 18.4 Å². The lowest BCUT2D eigenvalue weighted by molar-refractivity contribution is 0.591. The van der Waals surface area contributed by atoms with E-state index in [-0.39, 0.29) is 0 Å². The first-order chi connectivity index (χ1) is 8.28. The quantitative estimate of drug-likeness (QED) is 0.794. The van der Waals surface area contributed by atoms with Gasteiger partial charge in [0.2, 0.25) is 0 Å². The first kappa shape index (κ1) is 11.3. The number of halogens is 2. The van der Waals surface area contributed by atoms with Gasteiger partial charge in [-0.3, -0.25) is 0 Å². The summed E-state index contributed by atoms with van der Waals surface area (Å²) in [5.41, 5.74) is 1.73. The van der Waals surface area contributed by atoms with Crippen molar-refractivity contribution in [3.63, 3.8) is 0 Å². The lowest BCUT2D eigenvalue weighted by atomic mass is 10.3. The van der Waals surface area contributed by atoms with Gasteiger partial charge in [-0.15, -0.1) is 11.6 Å². The zero-order chi connectivity index (χ0) is 11.8. The van der Waals surface area contributed by atoms with Gasteiger partial charge in [-0.25, -0.2) is 9.97 Å². The largest absolute Gasteiger partial charge is 0.312 e. The summed E-state index contributed by atoms with van der Waals surface area (Å²) in [6, 6.07) is 1.84. The highest BCUT2D eigenvalue weighted by molar-refractivity contribution is 6.31. The molecule has 90 valence electrons. The zero-order valence-corrected chi connectivity index (χ0v) is 10.9. The number of pyridine rings is 1. The smallest absolute Gasteiger partial charge is 0.160 e. The van der Waals surface area contributed by atoms with E-state index in [1.54, 1.807) is 6.20 Å². The zero-order valence-electron chi connectivity index (χ0n) is 9.37. The van der Waals surface area contributed by atoms with Gasteiger partial charge in [0.25, 0.3) is 0 Å². The van der Waals surface area contributed by atoms with Crippen LogP contribution in [-0.2, 0) is 12.4 Å². The number of hydrogen-bond donors (Lipinski definition) is 0. The summed E-state index contributed by atoms with van der Waals surface area (Å²) in [6.45, 7) is 0.956. The lowest BCUT2D eigenvalue weighted by Crippen LogP contribution is -2.04. The fourth-order valence-corrected chi connectivity index (χ4v) is 2.44. The normalized spacial score (nSPS) is 15.6. The maximum absolute atomic E-state index is 5.93. The molecule has 1 saturated carbocycles. The highest BCUT2D eigenvalue weighted by atomic mass is 35.5. The molecule has 3 nitrogen and oxygen atoms in total. The molecule has 1 aliphatic rings. The molecule has 0 atom stereocenters. The van der Waals surface area contributed by atoms with E-state index in [2.05, 4.69) is 14.5 Å². The molecule has 0 spiro atoms. The number of nitrogens with zero attached hydrogens (tertiary/aromatic N) is 3. The van der Waals surface area contributed by atoms with Crippen LogP contribution in [0.3, 0.4) is 0 Å². The Kier molecular flexibility index (Phi) is 2.97. The minimum Gasteiger partial charge on any atom is -0.312 e. The minimum atomic E-state index is 0.415. The van der Waals surface area contributed by atoms with Crippen LogP contribution in [-0.4, -0.2) is 14.5 Å². The van der Waals surface area contributed by atoms with E-state index in [1.165, 1.54) is 19.3 Å². The second kappa shape index (κ2) is 4.46. The molecule has 2 aromatic heterocycles. The summed E-state index contributed by atoms with van der Waals surface area (Å²) in [5.74, 6) is 2.19. The van der Waals surface area contributed by atoms with Gasteiger partial charge < -0.3 is 4.57 Å². The summed E-state index contributed by atoms with van der Waals surface area (Å²) in [7, 11) is 0. The third-order valence-corrected chi connectivity index (χ3v) is 3.65. The summed E-state index contributed by atoms with van der Waals surface area (Å²) in [4.78, 5) is 8.83. The number of aryl methyl sites for hydroxylation is 1. The molecular weight excluding hydrogens is 257 g/mol. The topological polar surface area (TPSA) is 30.7 Å². The van der Waals surface area contributed by atoms with E-state index in [4.69, 9.17) is 23.2 Å². The molecule has 1 fully saturated rings. The van der Waals surface area contributed by atoms with Crippen molar-refractivity contribution in [2.45, 2.75) is 31.7 Å². The fourth-order valence-electron chi connectivity index (χ4n) is 2.09. The van der Waals surface area contributed by atoms with Crippen LogP contribution in [0.15, 0.2) is 12.3 Å². The second-order valence-corrected chi connectivity index (χ2v) is 5.25. The molecule has 0 amide bonds. The average Bonchev–Trinajstić information content (AvgIpc) is 3.08. The van der Waals surface area contributed by atoms with E-state index in [1.807, 2.05) is 6.07 Å². The fraction of sp³-hybridized carbons (Fsp3) is 0.500. The Morgan fingerprint density at radius 3 is 2.94 bits per heavy atom. The van der Waals surface area contributed by atoms with Crippen LogP contribution in [0.2, 0.25) is 5.02 Å². The Labute approximate surface area is 110 Å². The SMILES string of the molecule is ClCc1nc2cc(Cl)cnc2n1CCC1CC1. The molecule has 0 aromatic carbocycles. The first-order valence-corrected chi connectivity index (χ1v) is 6.76. The number of fused-ring (bicyclic) bond motifs is 1. The Balaban J connectivity index is 1.99. The Morgan fingerprint density at radius 1 is 1.41 bits per heavy atom. The molecule has 0 saturated heterocycles. The Bertz CT molecular complexity index is 546. The van der Waals surface area contributed by atoms with E-state index >= 15 is 0 Å². The summed E-state index contributed by atoms with van der Waals surface area (Å²) < 4.78 is 2.12. The highest BCUT2D eigenvalue weighted by Gasteiger charge is 2.22. The van der Waals surface area contributed by atoms with Crippen LogP contribution in [0.4, 0.5) is 0 Å². The van der Waals surface area contributed by atoms with E-state index in [0.29, 0.717) is 10.9 Å². The predicted octanol–water partition coefficient (Wildman–Crippen LogP) is 3.62. The minimum absolute atomic E-state index is 0.415. The molecule has 2 heterocycles.